The van der Waals surface area contributed by atoms with Crippen LogP contribution < -0.4 is 5.32 Å². The van der Waals surface area contributed by atoms with Crippen LogP contribution in [0.3, 0.4) is 0 Å². The second-order valence-corrected chi connectivity index (χ2v) is 6.34. The van der Waals surface area contributed by atoms with Crippen molar-refractivity contribution in [3.8, 4) is 0 Å². The first kappa shape index (κ1) is 15.5. The van der Waals surface area contributed by atoms with Crippen LogP contribution in [0.4, 0.5) is 4.39 Å². The van der Waals surface area contributed by atoms with Gasteiger partial charge in [0.15, 0.2) is 0 Å². The number of benzene rings is 1. The van der Waals surface area contributed by atoms with E-state index in [2.05, 4.69) is 19.2 Å². The maximum atomic E-state index is 14.4. The normalized spacial score (nSPS) is 19.2. The molecule has 0 radical (unpaired) electrons. The van der Waals surface area contributed by atoms with Gasteiger partial charge in [0.1, 0.15) is 5.82 Å². The quantitative estimate of drug-likeness (QED) is 0.758. The third-order valence-electron chi connectivity index (χ3n) is 4.98. The van der Waals surface area contributed by atoms with Gasteiger partial charge in [-0.15, -0.1) is 0 Å². The Bertz CT molecular complexity index is 435. The molecular formula is C18H28FN. The summed E-state index contributed by atoms with van der Waals surface area (Å²) in [6.45, 7) is 7.44. The van der Waals surface area contributed by atoms with E-state index in [0.717, 1.165) is 30.5 Å². The standard InChI is InChI=1S/C18H28FN/c1-4-12-20-17(18(5-2)10-6-7-11-18)15-13-14(3)8-9-16(15)19/h8-9,13,17,20H,4-7,10-12H2,1-3H3. The molecule has 0 bridgehead atoms. The maximum Gasteiger partial charge on any atom is 0.128 e. The smallest absolute Gasteiger partial charge is 0.128 e. The van der Waals surface area contributed by atoms with Crippen molar-refractivity contribution in [2.75, 3.05) is 6.54 Å². The molecule has 0 heterocycles. The first-order valence-corrected chi connectivity index (χ1v) is 8.12. The van der Waals surface area contributed by atoms with Crippen molar-refractivity contribution in [2.45, 2.75) is 65.3 Å². The molecule has 1 unspecified atom stereocenters. The predicted molar refractivity (Wildman–Crippen MR) is 83.4 cm³/mol. The molecule has 0 aromatic heterocycles. The average Bonchev–Trinajstić information content (AvgIpc) is 2.93. The Kier molecular flexibility index (Phi) is 5.20. The van der Waals surface area contributed by atoms with Crippen molar-refractivity contribution in [3.63, 3.8) is 0 Å². The fourth-order valence-corrected chi connectivity index (χ4v) is 3.75. The Balaban J connectivity index is 2.38. The summed E-state index contributed by atoms with van der Waals surface area (Å²) in [7, 11) is 0. The molecule has 1 nitrogen and oxygen atoms in total. The monoisotopic (exact) mass is 277 g/mol. The summed E-state index contributed by atoms with van der Waals surface area (Å²) >= 11 is 0. The van der Waals surface area contributed by atoms with Crippen molar-refractivity contribution in [1.82, 2.24) is 5.32 Å². The summed E-state index contributed by atoms with van der Waals surface area (Å²) in [5.74, 6) is -0.0519. The van der Waals surface area contributed by atoms with Crippen LogP contribution >= 0.6 is 0 Å². The molecule has 0 amide bonds. The van der Waals surface area contributed by atoms with Gasteiger partial charge in [-0.25, -0.2) is 4.39 Å². The molecule has 1 aromatic rings. The molecule has 20 heavy (non-hydrogen) atoms. The van der Waals surface area contributed by atoms with E-state index >= 15 is 0 Å². The third-order valence-corrected chi connectivity index (χ3v) is 4.98. The van der Waals surface area contributed by atoms with Gasteiger partial charge < -0.3 is 5.32 Å². The fraction of sp³-hybridized carbons (Fsp3) is 0.667. The van der Waals surface area contributed by atoms with Gasteiger partial charge >= 0.3 is 0 Å². The first-order valence-electron chi connectivity index (χ1n) is 8.12. The van der Waals surface area contributed by atoms with E-state index in [0.29, 0.717) is 0 Å². The number of aryl methyl sites for hydroxylation is 1. The van der Waals surface area contributed by atoms with Gasteiger partial charge in [-0.05, 0) is 50.6 Å². The van der Waals surface area contributed by atoms with Crippen LogP contribution in [0.1, 0.15) is 69.5 Å². The highest BCUT2D eigenvalue weighted by molar-refractivity contribution is 5.29. The van der Waals surface area contributed by atoms with Gasteiger partial charge in [-0.3, -0.25) is 0 Å². The van der Waals surface area contributed by atoms with Crippen LogP contribution in [-0.2, 0) is 0 Å². The molecule has 0 saturated heterocycles. The number of halogens is 1. The van der Waals surface area contributed by atoms with Gasteiger partial charge in [0.2, 0.25) is 0 Å². The van der Waals surface area contributed by atoms with E-state index in [1.54, 1.807) is 6.07 Å². The molecule has 1 aliphatic carbocycles. The van der Waals surface area contributed by atoms with Gasteiger partial charge in [-0.1, -0.05) is 44.4 Å². The lowest BCUT2D eigenvalue weighted by Gasteiger charge is -2.38. The molecule has 1 atom stereocenters. The summed E-state index contributed by atoms with van der Waals surface area (Å²) in [6, 6.07) is 5.69. The molecule has 1 N–H and O–H groups in total. The molecule has 1 aromatic carbocycles. The van der Waals surface area contributed by atoms with Crippen LogP contribution in [0.5, 0.6) is 0 Å². The minimum Gasteiger partial charge on any atom is -0.309 e. The van der Waals surface area contributed by atoms with E-state index in [4.69, 9.17) is 0 Å². The molecule has 2 heteroatoms. The minimum absolute atomic E-state index is 0.0519. The van der Waals surface area contributed by atoms with E-state index < -0.39 is 0 Å². The SMILES string of the molecule is CCCNC(c1cc(C)ccc1F)C1(CC)CCCC1. The second-order valence-electron chi connectivity index (χ2n) is 6.34. The summed E-state index contributed by atoms with van der Waals surface area (Å²) < 4.78 is 14.4. The van der Waals surface area contributed by atoms with E-state index in [1.165, 1.54) is 25.7 Å². The second kappa shape index (κ2) is 6.71. The van der Waals surface area contributed by atoms with Crippen molar-refractivity contribution in [3.05, 3.63) is 35.1 Å². The average molecular weight is 277 g/mol. The Hall–Kier alpha value is -0.890. The molecule has 0 aliphatic heterocycles. The van der Waals surface area contributed by atoms with Gasteiger partial charge in [-0.2, -0.15) is 0 Å². The van der Waals surface area contributed by atoms with Crippen LogP contribution in [-0.4, -0.2) is 6.54 Å². The molecule has 2 rings (SSSR count). The zero-order valence-corrected chi connectivity index (χ0v) is 13.1. The number of nitrogens with one attached hydrogen (secondary N) is 1. The first-order chi connectivity index (χ1) is 9.63. The lowest BCUT2D eigenvalue weighted by molar-refractivity contribution is 0.183. The summed E-state index contributed by atoms with van der Waals surface area (Å²) in [5.41, 5.74) is 2.26. The van der Waals surface area contributed by atoms with Crippen molar-refractivity contribution in [1.29, 1.82) is 0 Å². The number of hydrogen-bond acceptors (Lipinski definition) is 1. The predicted octanol–water partition coefficient (Wildman–Crippen LogP) is 5.15. The maximum absolute atomic E-state index is 14.4. The summed E-state index contributed by atoms with van der Waals surface area (Å²) in [4.78, 5) is 0. The van der Waals surface area contributed by atoms with Crippen molar-refractivity contribution < 1.29 is 4.39 Å². The highest BCUT2D eigenvalue weighted by Gasteiger charge is 2.41. The molecule has 112 valence electrons. The van der Waals surface area contributed by atoms with Crippen molar-refractivity contribution in [2.24, 2.45) is 5.41 Å². The van der Waals surface area contributed by atoms with Crippen LogP contribution in [0.15, 0.2) is 18.2 Å². The lowest BCUT2D eigenvalue weighted by atomic mass is 9.73. The molecule has 1 fully saturated rings. The highest BCUT2D eigenvalue weighted by Crippen LogP contribution is 2.50. The Morgan fingerprint density at radius 3 is 2.55 bits per heavy atom. The molecular weight excluding hydrogens is 249 g/mol. The fourth-order valence-electron chi connectivity index (χ4n) is 3.75. The molecule has 1 saturated carbocycles. The number of rotatable bonds is 6. The van der Waals surface area contributed by atoms with E-state index in [-0.39, 0.29) is 17.3 Å². The highest BCUT2D eigenvalue weighted by atomic mass is 19.1. The van der Waals surface area contributed by atoms with E-state index in [9.17, 15) is 4.39 Å². The Labute approximate surface area is 123 Å². The third kappa shape index (κ3) is 3.06. The van der Waals surface area contributed by atoms with Crippen molar-refractivity contribution >= 4 is 0 Å². The number of hydrogen-bond donors (Lipinski definition) is 1. The summed E-state index contributed by atoms with van der Waals surface area (Å²) in [5, 5.41) is 3.65. The minimum atomic E-state index is -0.0519. The van der Waals surface area contributed by atoms with Crippen LogP contribution in [0, 0.1) is 18.2 Å². The largest absolute Gasteiger partial charge is 0.309 e. The van der Waals surface area contributed by atoms with Crippen LogP contribution in [0.25, 0.3) is 0 Å². The van der Waals surface area contributed by atoms with Crippen LogP contribution in [0.2, 0.25) is 0 Å². The molecule has 0 spiro atoms. The topological polar surface area (TPSA) is 12.0 Å². The van der Waals surface area contributed by atoms with Gasteiger partial charge in [0.25, 0.3) is 0 Å². The molecule has 1 aliphatic rings. The zero-order valence-electron chi connectivity index (χ0n) is 13.1. The van der Waals surface area contributed by atoms with Gasteiger partial charge in [0.05, 0.1) is 0 Å². The Morgan fingerprint density at radius 2 is 1.95 bits per heavy atom. The Morgan fingerprint density at radius 1 is 1.25 bits per heavy atom. The van der Waals surface area contributed by atoms with E-state index in [1.807, 2.05) is 19.1 Å². The lowest BCUT2D eigenvalue weighted by Crippen LogP contribution is -2.37. The van der Waals surface area contributed by atoms with Gasteiger partial charge in [0, 0.05) is 11.6 Å². The zero-order chi connectivity index (χ0) is 14.6. The summed E-state index contributed by atoms with van der Waals surface area (Å²) in [6.07, 6.45) is 7.22.